The Morgan fingerprint density at radius 2 is 1.75 bits per heavy atom. The molecule has 0 aliphatic heterocycles. The molecule has 32 heavy (non-hydrogen) atoms. The van der Waals surface area contributed by atoms with E-state index in [4.69, 9.17) is 19.3 Å². The number of benzene rings is 2. The zero-order valence-electron chi connectivity index (χ0n) is 17.3. The number of hydrogen-bond donors (Lipinski definition) is 2. The molecule has 0 radical (unpaired) electrons. The minimum Gasteiger partial charge on any atom is -0.493 e. The molecular weight excluding hydrogens is 438 g/mol. The molecule has 2 aromatic heterocycles. The minimum atomic E-state index is -3.84. The Morgan fingerprint density at radius 3 is 2.38 bits per heavy atom. The highest BCUT2D eigenvalue weighted by Crippen LogP contribution is 2.39. The van der Waals surface area contributed by atoms with Gasteiger partial charge in [-0.15, -0.1) is 5.10 Å². The minimum absolute atomic E-state index is 0.0345. The first kappa shape index (κ1) is 21.3. The summed E-state index contributed by atoms with van der Waals surface area (Å²) in [5.74, 6) is 1.53. The highest BCUT2D eigenvalue weighted by Gasteiger charge is 2.17. The molecule has 0 aliphatic carbocycles. The lowest BCUT2D eigenvalue weighted by Gasteiger charge is -2.14. The van der Waals surface area contributed by atoms with Crippen LogP contribution in [0.25, 0.3) is 16.9 Å². The number of ether oxygens (including phenoxy) is 3. The number of rotatable bonds is 7. The van der Waals surface area contributed by atoms with E-state index in [1.165, 1.54) is 44.3 Å². The molecule has 0 saturated heterocycles. The number of anilines is 2. The zero-order chi connectivity index (χ0) is 22.9. The first-order valence-corrected chi connectivity index (χ1v) is 10.7. The molecule has 0 spiro atoms. The van der Waals surface area contributed by atoms with Crippen molar-refractivity contribution >= 4 is 32.8 Å². The van der Waals surface area contributed by atoms with Crippen molar-refractivity contribution in [2.75, 3.05) is 26.6 Å². The number of nitrogens with one attached hydrogen (secondary N) is 1. The van der Waals surface area contributed by atoms with Crippen molar-refractivity contribution < 1.29 is 22.6 Å². The van der Waals surface area contributed by atoms with Crippen molar-refractivity contribution in [2.24, 2.45) is 5.14 Å². The molecule has 0 unspecified atom stereocenters. The summed E-state index contributed by atoms with van der Waals surface area (Å²) < 4.78 is 40.8. The molecule has 166 valence electrons. The van der Waals surface area contributed by atoms with Crippen molar-refractivity contribution in [3.8, 4) is 22.9 Å². The topological polar surface area (TPSA) is 156 Å². The van der Waals surface area contributed by atoms with Gasteiger partial charge < -0.3 is 19.5 Å². The second kappa shape index (κ2) is 8.28. The van der Waals surface area contributed by atoms with Gasteiger partial charge in [-0.25, -0.2) is 18.5 Å². The van der Waals surface area contributed by atoms with Crippen LogP contribution in [0.4, 0.5) is 11.6 Å². The first-order chi connectivity index (χ1) is 15.3. The average molecular weight is 457 g/mol. The Morgan fingerprint density at radius 1 is 1.03 bits per heavy atom. The van der Waals surface area contributed by atoms with Crippen LogP contribution in [0, 0.1) is 0 Å². The van der Waals surface area contributed by atoms with Crippen LogP contribution in [-0.4, -0.2) is 54.7 Å². The average Bonchev–Trinajstić information content (AvgIpc) is 3.21. The summed E-state index contributed by atoms with van der Waals surface area (Å²) in [6, 6.07) is 9.42. The molecule has 2 heterocycles. The molecule has 0 saturated carbocycles. The van der Waals surface area contributed by atoms with Crippen molar-refractivity contribution in [2.45, 2.75) is 4.90 Å². The molecule has 4 rings (SSSR count). The van der Waals surface area contributed by atoms with Crippen LogP contribution in [0.15, 0.2) is 47.5 Å². The van der Waals surface area contributed by atoms with Crippen LogP contribution >= 0.6 is 0 Å². The summed E-state index contributed by atoms with van der Waals surface area (Å²) in [4.78, 5) is 8.65. The summed E-state index contributed by atoms with van der Waals surface area (Å²) >= 11 is 0. The monoisotopic (exact) mass is 457 g/mol. The van der Waals surface area contributed by atoms with Crippen molar-refractivity contribution in [1.29, 1.82) is 0 Å². The Labute approximate surface area is 183 Å². The van der Waals surface area contributed by atoms with E-state index >= 15 is 0 Å². The second-order valence-corrected chi connectivity index (χ2v) is 8.05. The number of aromatic nitrogens is 5. The molecule has 0 bridgehead atoms. The lowest BCUT2D eigenvalue weighted by atomic mass is 10.2. The SMILES string of the molecule is COc1cc(-n2nnc3cnc(Nc4cccc(S(N)(=O)=O)c4)nc32)cc(OC)c1OC. The Balaban J connectivity index is 1.76. The molecule has 12 nitrogen and oxygen atoms in total. The molecule has 0 fully saturated rings. The van der Waals surface area contributed by atoms with E-state index in [0.29, 0.717) is 39.8 Å². The summed E-state index contributed by atoms with van der Waals surface area (Å²) in [5, 5.41) is 16.4. The maximum atomic E-state index is 11.6. The van der Waals surface area contributed by atoms with E-state index in [1.807, 2.05) is 0 Å². The number of methoxy groups -OCH3 is 3. The van der Waals surface area contributed by atoms with Gasteiger partial charge in [0.1, 0.15) is 0 Å². The fraction of sp³-hybridized carbons (Fsp3) is 0.158. The summed E-state index contributed by atoms with van der Waals surface area (Å²) in [6.45, 7) is 0. The first-order valence-electron chi connectivity index (χ1n) is 9.12. The summed E-state index contributed by atoms with van der Waals surface area (Å²) in [7, 11) is 0.699. The number of nitrogens with zero attached hydrogens (tertiary/aromatic N) is 5. The smallest absolute Gasteiger partial charge is 0.238 e. The number of primary sulfonamides is 1. The van der Waals surface area contributed by atoms with E-state index in [-0.39, 0.29) is 10.8 Å². The third kappa shape index (κ3) is 3.98. The Bertz CT molecular complexity index is 1380. The highest BCUT2D eigenvalue weighted by molar-refractivity contribution is 7.89. The van der Waals surface area contributed by atoms with Gasteiger partial charge in [0.2, 0.25) is 21.7 Å². The predicted octanol–water partition coefficient (Wildman–Crippen LogP) is 1.63. The molecule has 4 aromatic rings. The van der Waals surface area contributed by atoms with Crippen LogP contribution in [0.3, 0.4) is 0 Å². The van der Waals surface area contributed by atoms with E-state index < -0.39 is 10.0 Å². The largest absolute Gasteiger partial charge is 0.493 e. The van der Waals surface area contributed by atoms with Gasteiger partial charge in [-0.3, -0.25) is 0 Å². The van der Waals surface area contributed by atoms with Gasteiger partial charge in [-0.2, -0.15) is 9.67 Å². The van der Waals surface area contributed by atoms with Crippen LogP contribution in [-0.2, 0) is 10.0 Å². The van der Waals surface area contributed by atoms with E-state index in [0.717, 1.165) is 0 Å². The van der Waals surface area contributed by atoms with Crippen LogP contribution in [0.2, 0.25) is 0 Å². The molecule has 13 heteroatoms. The standard InChI is InChI=1S/C19H19N7O5S/c1-29-15-8-12(9-16(30-2)17(15)31-3)26-18-14(24-25-26)10-21-19(23-18)22-11-5-4-6-13(7-11)32(20,27)28/h4-10H,1-3H3,(H2,20,27,28)(H,21,22,23). The van der Waals surface area contributed by atoms with Gasteiger partial charge in [-0.1, -0.05) is 11.3 Å². The fourth-order valence-corrected chi connectivity index (χ4v) is 3.59. The van der Waals surface area contributed by atoms with Gasteiger partial charge >= 0.3 is 0 Å². The normalized spacial score (nSPS) is 11.4. The zero-order valence-corrected chi connectivity index (χ0v) is 18.1. The highest BCUT2D eigenvalue weighted by atomic mass is 32.2. The van der Waals surface area contributed by atoms with Crippen molar-refractivity contribution in [1.82, 2.24) is 25.0 Å². The maximum absolute atomic E-state index is 11.6. The third-order valence-corrected chi connectivity index (χ3v) is 5.42. The van der Waals surface area contributed by atoms with E-state index in [1.54, 1.807) is 24.3 Å². The summed E-state index contributed by atoms with van der Waals surface area (Å²) in [6.07, 6.45) is 1.50. The van der Waals surface area contributed by atoms with Crippen molar-refractivity contribution in [3.05, 3.63) is 42.6 Å². The number of fused-ring (bicyclic) bond motifs is 1. The number of hydrogen-bond acceptors (Lipinski definition) is 10. The van der Waals surface area contributed by atoms with Crippen LogP contribution in [0.5, 0.6) is 17.2 Å². The fourth-order valence-electron chi connectivity index (χ4n) is 3.03. The second-order valence-electron chi connectivity index (χ2n) is 6.49. The quantitative estimate of drug-likeness (QED) is 0.418. The molecule has 0 atom stereocenters. The van der Waals surface area contributed by atoms with Gasteiger partial charge in [0.15, 0.2) is 22.7 Å². The van der Waals surface area contributed by atoms with Gasteiger partial charge in [0.25, 0.3) is 0 Å². The lowest BCUT2D eigenvalue weighted by molar-refractivity contribution is 0.324. The molecule has 3 N–H and O–H groups in total. The Hall–Kier alpha value is -3.97. The van der Waals surface area contributed by atoms with Crippen LogP contribution in [0.1, 0.15) is 0 Å². The van der Waals surface area contributed by atoms with Gasteiger partial charge in [0.05, 0.1) is 38.1 Å². The van der Waals surface area contributed by atoms with E-state index in [9.17, 15) is 8.42 Å². The van der Waals surface area contributed by atoms with Gasteiger partial charge in [0, 0.05) is 17.8 Å². The van der Waals surface area contributed by atoms with Crippen molar-refractivity contribution in [3.63, 3.8) is 0 Å². The lowest BCUT2D eigenvalue weighted by Crippen LogP contribution is -2.12. The molecule has 0 aliphatic rings. The van der Waals surface area contributed by atoms with Gasteiger partial charge in [-0.05, 0) is 18.2 Å². The molecule has 2 aromatic carbocycles. The third-order valence-electron chi connectivity index (χ3n) is 4.51. The maximum Gasteiger partial charge on any atom is 0.238 e. The van der Waals surface area contributed by atoms with Crippen LogP contribution < -0.4 is 24.7 Å². The number of sulfonamides is 1. The molecule has 0 amide bonds. The summed E-state index contributed by atoms with van der Waals surface area (Å²) in [5.41, 5.74) is 1.87. The van der Waals surface area contributed by atoms with E-state index in [2.05, 4.69) is 25.6 Å². The molecular formula is C19H19N7O5S. The predicted molar refractivity (Wildman–Crippen MR) is 115 cm³/mol. The number of nitrogens with two attached hydrogens (primary N) is 1. The Kier molecular flexibility index (Phi) is 5.50.